The Bertz CT molecular complexity index is 1040. The van der Waals surface area contributed by atoms with Crippen LogP contribution in [0.25, 0.3) is 0 Å². The Labute approximate surface area is 209 Å². The first-order valence-corrected chi connectivity index (χ1v) is 12.3. The molecule has 2 atom stereocenters. The lowest BCUT2D eigenvalue weighted by Crippen LogP contribution is -2.48. The molecule has 9 heteroatoms. The van der Waals surface area contributed by atoms with E-state index < -0.39 is 11.7 Å². The van der Waals surface area contributed by atoms with Crippen molar-refractivity contribution < 1.29 is 32.2 Å². The third-order valence-corrected chi connectivity index (χ3v) is 6.88. The van der Waals surface area contributed by atoms with E-state index >= 15 is 0 Å². The zero-order chi connectivity index (χ0) is 25.7. The summed E-state index contributed by atoms with van der Waals surface area (Å²) in [6.45, 7) is 3.74. The lowest BCUT2D eigenvalue weighted by Gasteiger charge is -2.38. The number of methoxy groups -OCH3 is 2. The minimum atomic E-state index is -4.42. The first-order valence-electron chi connectivity index (χ1n) is 12.3. The maximum atomic E-state index is 13.3. The van der Waals surface area contributed by atoms with Crippen molar-refractivity contribution in [3.8, 4) is 17.2 Å². The van der Waals surface area contributed by atoms with Gasteiger partial charge < -0.3 is 19.1 Å². The van der Waals surface area contributed by atoms with Gasteiger partial charge in [-0.05, 0) is 55.2 Å². The molecular formula is C27H33F3N2O4. The number of alkyl halides is 3. The van der Waals surface area contributed by atoms with Crippen molar-refractivity contribution in [3.63, 3.8) is 0 Å². The van der Waals surface area contributed by atoms with Crippen LogP contribution in [-0.4, -0.2) is 62.7 Å². The number of benzene rings is 2. The van der Waals surface area contributed by atoms with Crippen LogP contribution >= 0.6 is 0 Å². The van der Waals surface area contributed by atoms with Gasteiger partial charge in [0, 0.05) is 38.6 Å². The second-order valence-corrected chi connectivity index (χ2v) is 9.55. The first kappa shape index (κ1) is 26.1. The molecule has 0 aromatic heterocycles. The predicted molar refractivity (Wildman–Crippen MR) is 129 cm³/mol. The van der Waals surface area contributed by atoms with Crippen molar-refractivity contribution >= 4 is 5.91 Å². The van der Waals surface area contributed by atoms with E-state index in [9.17, 15) is 18.0 Å². The highest BCUT2D eigenvalue weighted by molar-refractivity contribution is 5.79. The second-order valence-electron chi connectivity index (χ2n) is 9.55. The number of nitrogens with zero attached hydrogens (tertiary/aromatic N) is 2. The molecule has 0 radical (unpaired) electrons. The van der Waals surface area contributed by atoms with Gasteiger partial charge in [0.05, 0.1) is 32.3 Å². The fraction of sp³-hybridized carbons (Fsp3) is 0.519. The Hall–Kier alpha value is -2.94. The second kappa shape index (κ2) is 11.4. The summed E-state index contributed by atoms with van der Waals surface area (Å²) in [5, 5.41) is 0. The molecule has 0 saturated carbocycles. The van der Waals surface area contributed by atoms with Gasteiger partial charge in [-0.25, -0.2) is 0 Å². The lowest BCUT2D eigenvalue weighted by atomic mass is 9.88. The molecular weight excluding hydrogens is 473 g/mol. The van der Waals surface area contributed by atoms with Crippen LogP contribution in [0.5, 0.6) is 17.2 Å². The average Bonchev–Trinajstić information content (AvgIpc) is 3.41. The normalized spacial score (nSPS) is 20.9. The molecule has 36 heavy (non-hydrogen) atoms. The monoisotopic (exact) mass is 506 g/mol. The molecule has 2 fully saturated rings. The number of likely N-dealkylation sites (tertiary alicyclic amines) is 2. The summed E-state index contributed by atoms with van der Waals surface area (Å²) in [4.78, 5) is 17.4. The van der Waals surface area contributed by atoms with Crippen LogP contribution in [0.3, 0.4) is 0 Å². The molecule has 0 bridgehead atoms. The number of carbonyl (C=O) groups excluding carboxylic acids is 1. The molecule has 2 heterocycles. The number of hydrogen-bond acceptors (Lipinski definition) is 5. The van der Waals surface area contributed by atoms with Crippen LogP contribution in [0.4, 0.5) is 13.2 Å². The number of amides is 1. The topological polar surface area (TPSA) is 51.2 Å². The van der Waals surface area contributed by atoms with Crippen LogP contribution in [0, 0.1) is 11.8 Å². The quantitative estimate of drug-likeness (QED) is 0.512. The van der Waals surface area contributed by atoms with Crippen LogP contribution in [0.1, 0.15) is 30.4 Å². The zero-order valence-corrected chi connectivity index (χ0v) is 20.7. The molecule has 6 nitrogen and oxygen atoms in total. The highest BCUT2D eigenvalue weighted by Gasteiger charge is 2.35. The fourth-order valence-corrected chi connectivity index (χ4v) is 5.14. The standard InChI is InChI=1S/C27H33F3N2O4/c1-34-24-9-8-19(13-25(24)35-2)15-31-16-20(12-21(17-31)26(33)32-10-3-4-11-32)18-36-23-7-5-6-22(14-23)27(28,29)30/h5-9,13-14,20-21H,3-4,10-12,15-18H2,1-2H3/t20-,21+/m0/s1. The predicted octanol–water partition coefficient (Wildman–Crippen LogP) is 4.86. The molecule has 2 aromatic rings. The van der Waals surface area contributed by atoms with E-state index in [0.29, 0.717) is 37.6 Å². The van der Waals surface area contributed by atoms with Gasteiger partial charge in [0.15, 0.2) is 11.5 Å². The summed E-state index contributed by atoms with van der Waals surface area (Å²) in [5.41, 5.74) is 0.292. The minimum absolute atomic E-state index is 0.00462. The fourth-order valence-electron chi connectivity index (χ4n) is 5.14. The molecule has 0 spiro atoms. The summed E-state index contributed by atoms with van der Waals surface area (Å²) >= 11 is 0. The number of carbonyl (C=O) groups is 1. The van der Waals surface area contributed by atoms with E-state index in [4.69, 9.17) is 14.2 Å². The van der Waals surface area contributed by atoms with E-state index in [-0.39, 0.29) is 30.1 Å². The van der Waals surface area contributed by atoms with Crippen LogP contribution < -0.4 is 14.2 Å². The van der Waals surface area contributed by atoms with Gasteiger partial charge in [0.1, 0.15) is 5.75 Å². The molecule has 196 valence electrons. The van der Waals surface area contributed by atoms with Gasteiger partial charge in [-0.3, -0.25) is 9.69 Å². The molecule has 2 aliphatic rings. The summed E-state index contributed by atoms with van der Waals surface area (Å²) in [5.74, 6) is 1.46. The van der Waals surface area contributed by atoms with E-state index in [0.717, 1.165) is 43.6 Å². The van der Waals surface area contributed by atoms with Gasteiger partial charge in [-0.1, -0.05) is 12.1 Å². The third kappa shape index (κ3) is 6.43. The Balaban J connectivity index is 1.47. The number of hydrogen-bond donors (Lipinski definition) is 0. The average molecular weight is 507 g/mol. The summed E-state index contributed by atoms with van der Waals surface area (Å²) in [7, 11) is 3.18. The molecule has 0 N–H and O–H groups in total. The van der Waals surface area contributed by atoms with Gasteiger partial charge >= 0.3 is 6.18 Å². The largest absolute Gasteiger partial charge is 0.493 e. The van der Waals surface area contributed by atoms with Gasteiger partial charge in [0.25, 0.3) is 0 Å². The summed E-state index contributed by atoms with van der Waals surface area (Å²) < 4.78 is 55.8. The third-order valence-electron chi connectivity index (χ3n) is 6.88. The Kier molecular flexibility index (Phi) is 8.28. The molecule has 1 amide bonds. The summed E-state index contributed by atoms with van der Waals surface area (Å²) in [6, 6.07) is 10.7. The van der Waals surface area contributed by atoms with Gasteiger partial charge in [-0.2, -0.15) is 13.2 Å². The number of halogens is 3. The van der Waals surface area contributed by atoms with Crippen LogP contribution in [0.15, 0.2) is 42.5 Å². The van der Waals surface area contributed by atoms with Crippen molar-refractivity contribution in [1.82, 2.24) is 9.80 Å². The van der Waals surface area contributed by atoms with E-state index in [1.807, 2.05) is 23.1 Å². The highest BCUT2D eigenvalue weighted by atomic mass is 19.4. The maximum Gasteiger partial charge on any atom is 0.416 e. The Morgan fingerprint density at radius 3 is 2.44 bits per heavy atom. The first-order chi connectivity index (χ1) is 17.3. The molecule has 0 unspecified atom stereocenters. The number of rotatable bonds is 8. The molecule has 2 saturated heterocycles. The van der Waals surface area contributed by atoms with Crippen molar-refractivity contribution in [2.75, 3.05) is 47.0 Å². The zero-order valence-electron chi connectivity index (χ0n) is 20.7. The van der Waals surface area contributed by atoms with Crippen LogP contribution in [-0.2, 0) is 17.5 Å². The summed E-state index contributed by atoms with van der Waals surface area (Å²) in [6.07, 6.45) is -1.73. The van der Waals surface area contributed by atoms with Crippen molar-refractivity contribution in [2.24, 2.45) is 11.8 Å². The van der Waals surface area contributed by atoms with Crippen LogP contribution in [0.2, 0.25) is 0 Å². The van der Waals surface area contributed by atoms with Crippen molar-refractivity contribution in [1.29, 1.82) is 0 Å². The number of ether oxygens (including phenoxy) is 3. The van der Waals surface area contributed by atoms with Crippen molar-refractivity contribution in [3.05, 3.63) is 53.6 Å². The van der Waals surface area contributed by atoms with E-state index in [1.165, 1.54) is 12.1 Å². The molecule has 2 aliphatic heterocycles. The minimum Gasteiger partial charge on any atom is -0.493 e. The molecule has 0 aliphatic carbocycles. The smallest absolute Gasteiger partial charge is 0.416 e. The van der Waals surface area contributed by atoms with Gasteiger partial charge in [-0.15, -0.1) is 0 Å². The molecule has 4 rings (SSSR count). The highest BCUT2D eigenvalue weighted by Crippen LogP contribution is 2.33. The van der Waals surface area contributed by atoms with Gasteiger partial charge in [0.2, 0.25) is 5.91 Å². The van der Waals surface area contributed by atoms with E-state index in [1.54, 1.807) is 14.2 Å². The SMILES string of the molecule is COc1ccc(CN2C[C@@H](COc3cccc(C(F)(F)F)c3)C[C@@H](C(=O)N3CCCC3)C2)cc1OC. The van der Waals surface area contributed by atoms with Crippen molar-refractivity contribution in [2.45, 2.75) is 32.0 Å². The molecule has 2 aromatic carbocycles. The number of piperidine rings is 1. The Morgan fingerprint density at radius 2 is 1.75 bits per heavy atom. The lowest BCUT2D eigenvalue weighted by molar-refractivity contribution is -0.138. The van der Waals surface area contributed by atoms with E-state index in [2.05, 4.69) is 4.90 Å². The Morgan fingerprint density at radius 1 is 1.00 bits per heavy atom. The maximum absolute atomic E-state index is 13.3.